The molecule has 0 atom stereocenters. The third-order valence-electron chi connectivity index (χ3n) is 1.98. The Labute approximate surface area is 99.8 Å². The first-order chi connectivity index (χ1) is 7.72. The molecule has 0 aliphatic rings. The summed E-state index contributed by atoms with van der Waals surface area (Å²) in [5.74, 6) is 2.06. The van der Waals surface area contributed by atoms with Crippen LogP contribution in [0.5, 0.6) is 5.75 Å². The van der Waals surface area contributed by atoms with E-state index in [0.717, 1.165) is 22.8 Å². The highest BCUT2D eigenvalue weighted by molar-refractivity contribution is 7.99. The fourth-order valence-corrected chi connectivity index (χ4v) is 1.73. The molecule has 16 heavy (non-hydrogen) atoms. The SMILES string of the molecule is CCSCCOc1ccc(CC(=O)O)cc1. The van der Waals surface area contributed by atoms with Gasteiger partial charge < -0.3 is 9.84 Å². The quantitative estimate of drug-likeness (QED) is 0.744. The number of thioether (sulfide) groups is 1. The molecule has 88 valence electrons. The molecular formula is C12H16O3S. The maximum Gasteiger partial charge on any atom is 0.307 e. The second-order valence-corrected chi connectivity index (χ2v) is 4.65. The van der Waals surface area contributed by atoms with E-state index in [0.29, 0.717) is 6.61 Å². The van der Waals surface area contributed by atoms with Gasteiger partial charge in [0.1, 0.15) is 5.75 Å². The smallest absolute Gasteiger partial charge is 0.307 e. The summed E-state index contributed by atoms with van der Waals surface area (Å²) >= 11 is 1.84. The highest BCUT2D eigenvalue weighted by Gasteiger charge is 2.00. The zero-order valence-corrected chi connectivity index (χ0v) is 10.1. The lowest BCUT2D eigenvalue weighted by atomic mass is 10.1. The van der Waals surface area contributed by atoms with Gasteiger partial charge in [-0.15, -0.1) is 0 Å². The summed E-state index contributed by atoms with van der Waals surface area (Å²) in [6, 6.07) is 7.20. The van der Waals surface area contributed by atoms with Crippen molar-refractivity contribution in [3.05, 3.63) is 29.8 Å². The van der Waals surface area contributed by atoms with Gasteiger partial charge in [0.2, 0.25) is 0 Å². The fraction of sp³-hybridized carbons (Fsp3) is 0.417. The Bertz CT molecular complexity index is 322. The Morgan fingerprint density at radius 1 is 1.38 bits per heavy atom. The van der Waals surface area contributed by atoms with E-state index in [2.05, 4.69) is 6.92 Å². The van der Waals surface area contributed by atoms with Gasteiger partial charge in [0.15, 0.2) is 0 Å². The third kappa shape index (κ3) is 5.07. The Hall–Kier alpha value is -1.16. The second-order valence-electron chi connectivity index (χ2n) is 3.26. The van der Waals surface area contributed by atoms with E-state index in [4.69, 9.17) is 9.84 Å². The monoisotopic (exact) mass is 240 g/mol. The molecule has 0 aliphatic heterocycles. The first kappa shape index (κ1) is 12.9. The highest BCUT2D eigenvalue weighted by atomic mass is 32.2. The number of aliphatic carboxylic acids is 1. The molecule has 1 aromatic carbocycles. The Balaban J connectivity index is 2.36. The van der Waals surface area contributed by atoms with E-state index in [9.17, 15) is 4.79 Å². The maximum absolute atomic E-state index is 10.5. The molecule has 0 amide bonds. The fourth-order valence-electron chi connectivity index (χ4n) is 1.24. The molecule has 0 bridgehead atoms. The van der Waals surface area contributed by atoms with Gasteiger partial charge in [0, 0.05) is 5.75 Å². The molecule has 1 rings (SSSR count). The van der Waals surface area contributed by atoms with Gasteiger partial charge >= 0.3 is 5.97 Å². The van der Waals surface area contributed by atoms with Crippen LogP contribution in [-0.4, -0.2) is 29.2 Å². The molecule has 0 saturated heterocycles. The van der Waals surface area contributed by atoms with Crippen LogP contribution in [0.1, 0.15) is 12.5 Å². The summed E-state index contributed by atoms with van der Waals surface area (Å²) in [5.41, 5.74) is 0.794. The van der Waals surface area contributed by atoms with E-state index in [1.807, 2.05) is 23.9 Å². The maximum atomic E-state index is 10.5. The minimum atomic E-state index is -0.812. The van der Waals surface area contributed by atoms with Gasteiger partial charge in [0.25, 0.3) is 0 Å². The van der Waals surface area contributed by atoms with Gasteiger partial charge in [-0.2, -0.15) is 11.8 Å². The van der Waals surface area contributed by atoms with Crippen molar-refractivity contribution in [2.24, 2.45) is 0 Å². The van der Waals surface area contributed by atoms with Crippen LogP contribution >= 0.6 is 11.8 Å². The Morgan fingerprint density at radius 2 is 2.06 bits per heavy atom. The van der Waals surface area contributed by atoms with Crippen molar-refractivity contribution in [3.8, 4) is 5.75 Å². The molecule has 1 aromatic rings. The molecule has 0 aromatic heterocycles. The van der Waals surface area contributed by atoms with Crippen LogP contribution in [0.15, 0.2) is 24.3 Å². The van der Waals surface area contributed by atoms with Crippen molar-refractivity contribution in [1.82, 2.24) is 0 Å². The summed E-state index contributed by atoms with van der Waals surface area (Å²) in [6.07, 6.45) is 0.0615. The molecule has 0 saturated carbocycles. The van der Waals surface area contributed by atoms with Crippen LogP contribution in [0.4, 0.5) is 0 Å². The van der Waals surface area contributed by atoms with Crippen molar-refractivity contribution in [1.29, 1.82) is 0 Å². The summed E-state index contributed by atoms with van der Waals surface area (Å²) < 4.78 is 5.50. The molecule has 0 aliphatic carbocycles. The predicted molar refractivity (Wildman–Crippen MR) is 66.3 cm³/mol. The lowest BCUT2D eigenvalue weighted by molar-refractivity contribution is -0.136. The first-order valence-electron chi connectivity index (χ1n) is 5.23. The van der Waals surface area contributed by atoms with Crippen molar-refractivity contribution in [2.45, 2.75) is 13.3 Å². The lowest BCUT2D eigenvalue weighted by Crippen LogP contribution is -2.02. The molecule has 0 unspecified atom stereocenters. The average Bonchev–Trinajstić information content (AvgIpc) is 2.26. The standard InChI is InChI=1S/C12H16O3S/c1-2-16-8-7-15-11-5-3-10(4-6-11)9-12(13)14/h3-6H,2,7-9H2,1H3,(H,13,14). The number of carboxylic acid groups (broad SMARTS) is 1. The molecule has 3 nitrogen and oxygen atoms in total. The molecule has 1 N–H and O–H groups in total. The van der Waals surface area contributed by atoms with Gasteiger partial charge in [-0.1, -0.05) is 19.1 Å². The van der Waals surface area contributed by atoms with Gasteiger partial charge in [-0.25, -0.2) is 0 Å². The van der Waals surface area contributed by atoms with Crippen molar-refractivity contribution < 1.29 is 14.6 Å². The van der Waals surface area contributed by atoms with Gasteiger partial charge in [-0.3, -0.25) is 4.79 Å². The van der Waals surface area contributed by atoms with E-state index in [1.165, 1.54) is 0 Å². The van der Waals surface area contributed by atoms with Crippen LogP contribution < -0.4 is 4.74 Å². The second kappa shape index (κ2) is 7.17. The van der Waals surface area contributed by atoms with Crippen molar-refractivity contribution in [2.75, 3.05) is 18.1 Å². The molecule has 0 heterocycles. The summed E-state index contributed by atoms with van der Waals surface area (Å²) in [4.78, 5) is 10.5. The molecule has 4 heteroatoms. The topological polar surface area (TPSA) is 46.5 Å². The molecule has 0 radical (unpaired) electrons. The normalized spacial score (nSPS) is 10.1. The Kier molecular flexibility index (Phi) is 5.78. The van der Waals surface area contributed by atoms with Crippen LogP contribution in [0.3, 0.4) is 0 Å². The van der Waals surface area contributed by atoms with E-state index in [-0.39, 0.29) is 6.42 Å². The van der Waals surface area contributed by atoms with Gasteiger partial charge in [-0.05, 0) is 23.4 Å². The number of benzene rings is 1. The van der Waals surface area contributed by atoms with Gasteiger partial charge in [0.05, 0.1) is 13.0 Å². The van der Waals surface area contributed by atoms with E-state index in [1.54, 1.807) is 12.1 Å². The zero-order valence-electron chi connectivity index (χ0n) is 9.31. The predicted octanol–water partition coefficient (Wildman–Crippen LogP) is 2.45. The molecule has 0 spiro atoms. The van der Waals surface area contributed by atoms with E-state index < -0.39 is 5.97 Å². The molecule has 0 fully saturated rings. The number of carbonyl (C=O) groups is 1. The lowest BCUT2D eigenvalue weighted by Gasteiger charge is -2.05. The van der Waals surface area contributed by atoms with E-state index >= 15 is 0 Å². The van der Waals surface area contributed by atoms with Crippen LogP contribution in [0.25, 0.3) is 0 Å². The zero-order chi connectivity index (χ0) is 11.8. The van der Waals surface area contributed by atoms with Crippen molar-refractivity contribution in [3.63, 3.8) is 0 Å². The summed E-state index contributed by atoms with van der Waals surface area (Å²) in [5, 5.41) is 8.60. The number of hydrogen-bond donors (Lipinski definition) is 1. The third-order valence-corrected chi connectivity index (χ3v) is 2.84. The largest absolute Gasteiger partial charge is 0.493 e. The number of hydrogen-bond acceptors (Lipinski definition) is 3. The number of ether oxygens (including phenoxy) is 1. The Morgan fingerprint density at radius 3 is 2.62 bits per heavy atom. The highest BCUT2D eigenvalue weighted by Crippen LogP contribution is 2.13. The van der Waals surface area contributed by atoms with Crippen LogP contribution in [-0.2, 0) is 11.2 Å². The number of carboxylic acids is 1. The summed E-state index contributed by atoms with van der Waals surface area (Å²) in [6.45, 7) is 2.81. The minimum Gasteiger partial charge on any atom is -0.493 e. The summed E-state index contributed by atoms with van der Waals surface area (Å²) in [7, 11) is 0. The van der Waals surface area contributed by atoms with Crippen LogP contribution in [0.2, 0.25) is 0 Å². The minimum absolute atomic E-state index is 0.0615. The molecular weight excluding hydrogens is 224 g/mol. The first-order valence-corrected chi connectivity index (χ1v) is 6.39. The average molecular weight is 240 g/mol. The van der Waals surface area contributed by atoms with Crippen molar-refractivity contribution >= 4 is 17.7 Å². The van der Waals surface area contributed by atoms with Crippen LogP contribution in [0, 0.1) is 0 Å². The number of rotatable bonds is 7.